The number of amides is 1. The number of sulfonamides is 1. The maximum absolute atomic E-state index is 12.8. The van der Waals surface area contributed by atoms with E-state index in [0.717, 1.165) is 12.0 Å². The van der Waals surface area contributed by atoms with Gasteiger partial charge in [-0.3, -0.25) is 4.79 Å². The number of benzene rings is 2. The van der Waals surface area contributed by atoms with Crippen LogP contribution < -0.4 is 10.1 Å². The molecule has 29 heavy (non-hydrogen) atoms. The van der Waals surface area contributed by atoms with Gasteiger partial charge in [-0.15, -0.1) is 0 Å². The lowest BCUT2D eigenvalue weighted by Gasteiger charge is -2.31. The summed E-state index contributed by atoms with van der Waals surface area (Å²) in [6, 6.07) is 17.0. The van der Waals surface area contributed by atoms with Gasteiger partial charge >= 0.3 is 0 Å². The van der Waals surface area contributed by atoms with Crippen LogP contribution in [0.15, 0.2) is 54.6 Å². The van der Waals surface area contributed by atoms with E-state index < -0.39 is 10.0 Å². The molecule has 0 aromatic heterocycles. The second-order valence-electron chi connectivity index (χ2n) is 7.32. The van der Waals surface area contributed by atoms with Crippen molar-refractivity contribution < 1.29 is 17.9 Å². The average molecular weight is 417 g/mol. The molecule has 0 bridgehead atoms. The van der Waals surface area contributed by atoms with Crippen LogP contribution in [0.4, 0.5) is 5.69 Å². The minimum atomic E-state index is -3.37. The average Bonchev–Trinajstić information content (AvgIpc) is 2.74. The molecule has 2 aromatic rings. The number of nitrogens with one attached hydrogen (secondary N) is 1. The first-order chi connectivity index (χ1) is 14.0. The number of nitrogens with zero attached hydrogens (tertiary/aromatic N) is 1. The summed E-state index contributed by atoms with van der Waals surface area (Å²) < 4.78 is 32.2. The molecule has 3 rings (SSSR count). The van der Waals surface area contributed by atoms with Crippen molar-refractivity contribution in [2.75, 3.05) is 31.3 Å². The van der Waals surface area contributed by atoms with Gasteiger partial charge in [-0.05, 0) is 43.4 Å². The van der Waals surface area contributed by atoms with Crippen LogP contribution in [0.3, 0.4) is 0 Å². The van der Waals surface area contributed by atoms with Gasteiger partial charge in [0, 0.05) is 24.8 Å². The Morgan fingerprint density at radius 1 is 1.17 bits per heavy atom. The van der Waals surface area contributed by atoms with Gasteiger partial charge < -0.3 is 10.1 Å². The highest BCUT2D eigenvalue weighted by atomic mass is 32.2. The van der Waals surface area contributed by atoms with Crippen LogP contribution in [-0.4, -0.2) is 44.6 Å². The van der Waals surface area contributed by atoms with Gasteiger partial charge in [0.2, 0.25) is 15.9 Å². The van der Waals surface area contributed by atoms with E-state index in [0.29, 0.717) is 37.2 Å². The Balaban J connectivity index is 1.55. The summed E-state index contributed by atoms with van der Waals surface area (Å²) in [5.41, 5.74) is 1.79. The van der Waals surface area contributed by atoms with Crippen LogP contribution in [0.2, 0.25) is 0 Å². The number of anilines is 1. The molecule has 1 aliphatic rings. The molecule has 1 unspecified atom stereocenters. The molecule has 1 atom stereocenters. The Bertz CT molecular complexity index is 915. The summed E-state index contributed by atoms with van der Waals surface area (Å²) in [6.45, 7) is 0.722. The summed E-state index contributed by atoms with van der Waals surface area (Å²) in [5, 5.41) is 2.88. The number of hydrogen-bond donors (Lipinski definition) is 1. The van der Waals surface area contributed by atoms with E-state index in [2.05, 4.69) is 5.32 Å². The van der Waals surface area contributed by atoms with E-state index in [9.17, 15) is 13.2 Å². The van der Waals surface area contributed by atoms with Crippen molar-refractivity contribution in [2.24, 2.45) is 5.92 Å². The molecule has 7 heteroatoms. The fraction of sp³-hybridized carbons (Fsp3) is 0.409. The first-order valence-electron chi connectivity index (χ1n) is 9.94. The number of carbonyl (C=O) groups is 1. The van der Waals surface area contributed by atoms with E-state index in [1.165, 1.54) is 4.31 Å². The van der Waals surface area contributed by atoms with Crippen molar-refractivity contribution in [1.29, 1.82) is 0 Å². The van der Waals surface area contributed by atoms with Crippen molar-refractivity contribution in [2.45, 2.75) is 25.7 Å². The molecule has 1 fully saturated rings. The number of methoxy groups -OCH3 is 1. The third kappa shape index (κ3) is 6.05. The standard InChI is InChI=1S/C22H28N2O4S/c1-28-21-13-5-12-20(16-21)23-22(25)19-11-6-14-24(17-19)29(26,27)15-7-10-18-8-3-2-4-9-18/h2-5,8-9,12-13,16,19H,6-7,10-11,14-15,17H2,1H3,(H,23,25). The van der Waals surface area contributed by atoms with Gasteiger partial charge in [0.25, 0.3) is 0 Å². The van der Waals surface area contributed by atoms with E-state index in [1.807, 2.05) is 30.3 Å². The number of aryl methyl sites for hydroxylation is 1. The van der Waals surface area contributed by atoms with Crippen molar-refractivity contribution in [3.63, 3.8) is 0 Å². The Hall–Kier alpha value is -2.38. The molecule has 0 aliphatic carbocycles. The third-order valence-corrected chi connectivity index (χ3v) is 7.12. The van der Waals surface area contributed by atoms with Crippen LogP contribution in [0.1, 0.15) is 24.8 Å². The lowest BCUT2D eigenvalue weighted by molar-refractivity contribution is -0.120. The maximum Gasteiger partial charge on any atom is 0.228 e. The van der Waals surface area contributed by atoms with Gasteiger partial charge in [-0.25, -0.2) is 12.7 Å². The topological polar surface area (TPSA) is 75.7 Å². The summed E-state index contributed by atoms with van der Waals surface area (Å²) in [6.07, 6.45) is 2.68. The Morgan fingerprint density at radius 3 is 2.72 bits per heavy atom. The van der Waals surface area contributed by atoms with Crippen LogP contribution in [0, 0.1) is 5.92 Å². The van der Waals surface area contributed by atoms with E-state index >= 15 is 0 Å². The summed E-state index contributed by atoms with van der Waals surface area (Å²) in [5.74, 6) is 0.266. The summed E-state index contributed by atoms with van der Waals surface area (Å²) in [7, 11) is -1.80. The number of hydrogen-bond acceptors (Lipinski definition) is 4. The van der Waals surface area contributed by atoms with Gasteiger partial charge in [0.15, 0.2) is 0 Å². The van der Waals surface area contributed by atoms with Gasteiger partial charge in [0.05, 0.1) is 18.8 Å². The van der Waals surface area contributed by atoms with Crippen molar-refractivity contribution in [3.8, 4) is 5.75 Å². The molecule has 1 amide bonds. The van der Waals surface area contributed by atoms with Crippen LogP contribution in [-0.2, 0) is 21.2 Å². The fourth-order valence-electron chi connectivity index (χ4n) is 3.59. The predicted molar refractivity (Wildman–Crippen MR) is 114 cm³/mol. The molecule has 6 nitrogen and oxygen atoms in total. The molecule has 1 heterocycles. The monoisotopic (exact) mass is 416 g/mol. The molecule has 0 spiro atoms. The molecule has 1 aliphatic heterocycles. The van der Waals surface area contributed by atoms with Crippen molar-refractivity contribution in [1.82, 2.24) is 4.31 Å². The molecular weight excluding hydrogens is 388 g/mol. The SMILES string of the molecule is COc1cccc(NC(=O)C2CCCN(S(=O)(=O)CCCc3ccccc3)C2)c1. The lowest BCUT2D eigenvalue weighted by Crippen LogP contribution is -2.44. The van der Waals surface area contributed by atoms with Gasteiger partial charge in [-0.1, -0.05) is 36.4 Å². The minimum Gasteiger partial charge on any atom is -0.497 e. The number of piperidine rings is 1. The minimum absolute atomic E-state index is 0.103. The van der Waals surface area contributed by atoms with E-state index in [-0.39, 0.29) is 24.1 Å². The zero-order chi connectivity index (χ0) is 20.7. The molecule has 2 aromatic carbocycles. The maximum atomic E-state index is 12.8. The summed E-state index contributed by atoms with van der Waals surface area (Å²) in [4.78, 5) is 12.7. The molecule has 0 radical (unpaired) electrons. The van der Waals surface area contributed by atoms with Crippen molar-refractivity contribution >= 4 is 21.6 Å². The Morgan fingerprint density at radius 2 is 1.97 bits per heavy atom. The van der Waals surface area contributed by atoms with E-state index in [1.54, 1.807) is 31.4 Å². The predicted octanol–water partition coefficient (Wildman–Crippen LogP) is 3.31. The third-order valence-electron chi connectivity index (χ3n) is 5.20. The Kier molecular flexibility index (Phi) is 7.28. The number of rotatable bonds is 8. The lowest BCUT2D eigenvalue weighted by atomic mass is 9.98. The Labute approximate surface area is 172 Å². The molecular formula is C22H28N2O4S. The first-order valence-corrected chi connectivity index (χ1v) is 11.6. The number of carbonyl (C=O) groups excluding carboxylic acids is 1. The fourth-order valence-corrected chi connectivity index (χ4v) is 5.17. The highest BCUT2D eigenvalue weighted by Crippen LogP contribution is 2.23. The first kappa shape index (κ1) is 21.3. The van der Waals surface area contributed by atoms with Gasteiger partial charge in [0.1, 0.15) is 5.75 Å². The summed E-state index contributed by atoms with van der Waals surface area (Å²) >= 11 is 0. The van der Waals surface area contributed by atoms with Crippen LogP contribution >= 0.6 is 0 Å². The van der Waals surface area contributed by atoms with Crippen LogP contribution in [0.5, 0.6) is 5.75 Å². The van der Waals surface area contributed by atoms with E-state index in [4.69, 9.17) is 4.74 Å². The number of ether oxygens (including phenoxy) is 1. The molecule has 1 N–H and O–H groups in total. The molecule has 1 saturated heterocycles. The molecule has 0 saturated carbocycles. The normalized spacial score (nSPS) is 17.6. The van der Waals surface area contributed by atoms with Crippen molar-refractivity contribution in [3.05, 3.63) is 60.2 Å². The highest BCUT2D eigenvalue weighted by Gasteiger charge is 2.32. The van der Waals surface area contributed by atoms with Crippen LogP contribution in [0.25, 0.3) is 0 Å². The largest absolute Gasteiger partial charge is 0.497 e. The zero-order valence-corrected chi connectivity index (χ0v) is 17.5. The second kappa shape index (κ2) is 9.89. The zero-order valence-electron chi connectivity index (χ0n) is 16.7. The second-order valence-corrected chi connectivity index (χ2v) is 9.41. The highest BCUT2D eigenvalue weighted by molar-refractivity contribution is 7.89. The molecule has 156 valence electrons. The quantitative estimate of drug-likeness (QED) is 0.716. The smallest absolute Gasteiger partial charge is 0.228 e. The van der Waals surface area contributed by atoms with Gasteiger partial charge in [-0.2, -0.15) is 0 Å².